The van der Waals surface area contributed by atoms with E-state index in [1.165, 1.54) is 55.2 Å². The van der Waals surface area contributed by atoms with Gasteiger partial charge in [0.05, 0.1) is 0 Å². The second kappa shape index (κ2) is 11.3. The second-order valence-corrected chi connectivity index (χ2v) is 6.02. The topological polar surface area (TPSA) is 40.5 Å². The highest BCUT2D eigenvalue weighted by Crippen LogP contribution is 2.30. The highest BCUT2D eigenvalue weighted by Gasteiger charge is 2.10. The van der Waals surface area contributed by atoms with E-state index in [-0.39, 0.29) is 6.61 Å². The molecule has 0 saturated carbocycles. The zero-order valence-corrected chi connectivity index (χ0v) is 14.3. The van der Waals surface area contributed by atoms with Crippen molar-refractivity contribution < 1.29 is 10.2 Å². The average molecular weight is 304 g/mol. The summed E-state index contributed by atoms with van der Waals surface area (Å²) in [5, 5.41) is 18.9. The van der Waals surface area contributed by atoms with E-state index in [9.17, 15) is 10.2 Å². The number of unbranched alkanes of at least 4 members (excludes halogenated alkanes) is 4. The Bertz CT molecular complexity index is 432. The summed E-state index contributed by atoms with van der Waals surface area (Å²) >= 11 is 0. The van der Waals surface area contributed by atoms with E-state index in [1.807, 2.05) is 12.1 Å². The van der Waals surface area contributed by atoms with Crippen LogP contribution in [0, 0.1) is 0 Å². The Morgan fingerprint density at radius 1 is 0.818 bits per heavy atom. The van der Waals surface area contributed by atoms with E-state index in [2.05, 4.69) is 13.8 Å². The summed E-state index contributed by atoms with van der Waals surface area (Å²) in [6.07, 6.45) is 10.2. The Labute approximate surface area is 135 Å². The molecule has 0 heterocycles. The molecule has 0 aliphatic rings. The van der Waals surface area contributed by atoms with Gasteiger partial charge in [-0.1, -0.05) is 57.2 Å². The van der Waals surface area contributed by atoms with Crippen LogP contribution < -0.4 is 0 Å². The lowest BCUT2D eigenvalue weighted by Gasteiger charge is -2.16. The summed E-state index contributed by atoms with van der Waals surface area (Å²) in [6.45, 7) is 4.66. The molecular formula is C20H32O2. The lowest BCUT2D eigenvalue weighted by molar-refractivity contribution is 0.297. The third kappa shape index (κ3) is 6.65. The average Bonchev–Trinajstić information content (AvgIpc) is 2.52. The molecule has 0 aromatic heterocycles. The molecule has 0 bridgehead atoms. The highest BCUT2D eigenvalue weighted by molar-refractivity contribution is 5.69. The quantitative estimate of drug-likeness (QED) is 0.516. The van der Waals surface area contributed by atoms with Crippen LogP contribution >= 0.6 is 0 Å². The Hall–Kier alpha value is -1.28. The van der Waals surface area contributed by atoms with Crippen molar-refractivity contribution in [2.24, 2.45) is 0 Å². The number of allylic oxidation sites excluding steroid dienone is 1. The van der Waals surface area contributed by atoms with Crippen molar-refractivity contribution in [1.29, 1.82) is 0 Å². The van der Waals surface area contributed by atoms with Crippen molar-refractivity contribution in [3.05, 3.63) is 35.4 Å². The van der Waals surface area contributed by atoms with Crippen LogP contribution in [0.25, 0.3) is 5.57 Å². The molecule has 0 spiro atoms. The number of phenolic OH excluding ortho intramolecular Hbond substituents is 1. The minimum atomic E-state index is 0.219. The third-order valence-electron chi connectivity index (χ3n) is 4.17. The van der Waals surface area contributed by atoms with Gasteiger partial charge in [0, 0.05) is 6.61 Å². The third-order valence-corrected chi connectivity index (χ3v) is 4.17. The Morgan fingerprint density at radius 2 is 1.41 bits per heavy atom. The zero-order chi connectivity index (χ0) is 16.2. The normalized spacial score (nSPS) is 12.3. The van der Waals surface area contributed by atoms with E-state index in [0.717, 1.165) is 19.3 Å². The number of benzene rings is 1. The Kier molecular flexibility index (Phi) is 9.65. The van der Waals surface area contributed by atoms with Crippen LogP contribution in [0.4, 0.5) is 0 Å². The molecule has 1 aromatic carbocycles. The number of phenols is 1. The predicted octanol–water partition coefficient (Wildman–Crippen LogP) is 5.69. The smallest absolute Gasteiger partial charge is 0.115 e. The van der Waals surface area contributed by atoms with Gasteiger partial charge in [0.1, 0.15) is 5.75 Å². The Morgan fingerprint density at radius 3 is 1.95 bits per heavy atom. The van der Waals surface area contributed by atoms with Crippen molar-refractivity contribution in [3.63, 3.8) is 0 Å². The molecule has 0 radical (unpaired) electrons. The minimum absolute atomic E-state index is 0.219. The van der Waals surface area contributed by atoms with Crippen LogP contribution in [0.5, 0.6) is 5.75 Å². The number of aliphatic hydroxyl groups excluding tert-OH is 1. The first-order valence-corrected chi connectivity index (χ1v) is 8.84. The van der Waals surface area contributed by atoms with Gasteiger partial charge < -0.3 is 10.2 Å². The molecule has 1 rings (SSSR count). The summed E-state index contributed by atoms with van der Waals surface area (Å²) in [6, 6.07) is 7.54. The fourth-order valence-corrected chi connectivity index (χ4v) is 2.89. The fourth-order valence-electron chi connectivity index (χ4n) is 2.89. The second-order valence-electron chi connectivity index (χ2n) is 6.02. The van der Waals surface area contributed by atoms with Gasteiger partial charge in [-0.2, -0.15) is 0 Å². The fraction of sp³-hybridized carbons (Fsp3) is 0.600. The lowest BCUT2D eigenvalue weighted by atomic mass is 9.90. The van der Waals surface area contributed by atoms with Gasteiger partial charge in [-0.05, 0) is 55.4 Å². The maximum atomic E-state index is 9.51. The Balaban J connectivity index is 2.99. The molecule has 0 fully saturated rings. The standard InChI is InChI=1S/C20H32O2/c1-3-5-7-9-17(15-16-21)20(10-8-6-4-2)18-11-13-19(22)14-12-18/h11-14,21-22H,3-10,15-16H2,1-2H3. The predicted molar refractivity (Wildman–Crippen MR) is 95.0 cm³/mol. The molecule has 124 valence electrons. The molecule has 0 amide bonds. The van der Waals surface area contributed by atoms with Crippen LogP contribution in [-0.4, -0.2) is 16.8 Å². The number of rotatable bonds is 11. The molecule has 22 heavy (non-hydrogen) atoms. The molecule has 0 aliphatic carbocycles. The van der Waals surface area contributed by atoms with Gasteiger partial charge in [0.25, 0.3) is 0 Å². The number of hydrogen-bond donors (Lipinski definition) is 2. The van der Waals surface area contributed by atoms with Crippen molar-refractivity contribution >= 4 is 5.57 Å². The number of aromatic hydroxyl groups is 1. The molecule has 0 aliphatic heterocycles. The van der Waals surface area contributed by atoms with E-state index in [4.69, 9.17) is 0 Å². The van der Waals surface area contributed by atoms with Crippen LogP contribution in [0.3, 0.4) is 0 Å². The zero-order valence-electron chi connectivity index (χ0n) is 14.3. The van der Waals surface area contributed by atoms with E-state index in [0.29, 0.717) is 5.75 Å². The SMILES string of the molecule is CCCCCC(CCO)=C(CCCCC)c1ccc(O)cc1. The van der Waals surface area contributed by atoms with Crippen LogP contribution in [0.1, 0.15) is 77.2 Å². The maximum absolute atomic E-state index is 9.51. The summed E-state index contributed by atoms with van der Waals surface area (Å²) < 4.78 is 0. The van der Waals surface area contributed by atoms with E-state index >= 15 is 0 Å². The van der Waals surface area contributed by atoms with Crippen molar-refractivity contribution in [1.82, 2.24) is 0 Å². The molecule has 2 nitrogen and oxygen atoms in total. The molecule has 2 N–H and O–H groups in total. The van der Waals surface area contributed by atoms with Crippen molar-refractivity contribution in [3.8, 4) is 5.75 Å². The van der Waals surface area contributed by atoms with E-state index in [1.54, 1.807) is 12.1 Å². The summed E-state index contributed by atoms with van der Waals surface area (Å²) in [5.41, 5.74) is 3.99. The van der Waals surface area contributed by atoms with Gasteiger partial charge in [0.2, 0.25) is 0 Å². The van der Waals surface area contributed by atoms with Gasteiger partial charge in [-0.25, -0.2) is 0 Å². The van der Waals surface area contributed by atoms with Gasteiger partial charge >= 0.3 is 0 Å². The van der Waals surface area contributed by atoms with Crippen LogP contribution in [0.15, 0.2) is 29.8 Å². The van der Waals surface area contributed by atoms with Crippen LogP contribution in [-0.2, 0) is 0 Å². The first kappa shape index (κ1) is 18.8. The van der Waals surface area contributed by atoms with Crippen LogP contribution in [0.2, 0.25) is 0 Å². The van der Waals surface area contributed by atoms with Gasteiger partial charge in [-0.3, -0.25) is 0 Å². The first-order valence-electron chi connectivity index (χ1n) is 8.84. The van der Waals surface area contributed by atoms with Crippen molar-refractivity contribution in [2.75, 3.05) is 6.61 Å². The number of hydrogen-bond acceptors (Lipinski definition) is 2. The summed E-state index contributed by atoms with van der Waals surface area (Å²) in [4.78, 5) is 0. The largest absolute Gasteiger partial charge is 0.508 e. The highest BCUT2D eigenvalue weighted by atomic mass is 16.3. The molecule has 1 aromatic rings. The van der Waals surface area contributed by atoms with Gasteiger partial charge in [-0.15, -0.1) is 0 Å². The minimum Gasteiger partial charge on any atom is -0.508 e. The van der Waals surface area contributed by atoms with Gasteiger partial charge in [0.15, 0.2) is 0 Å². The molecule has 0 unspecified atom stereocenters. The maximum Gasteiger partial charge on any atom is 0.115 e. The molecule has 2 heteroatoms. The lowest BCUT2D eigenvalue weighted by Crippen LogP contribution is -1.97. The van der Waals surface area contributed by atoms with Crippen molar-refractivity contribution in [2.45, 2.75) is 71.6 Å². The molecule has 0 atom stereocenters. The summed E-state index contributed by atoms with van der Waals surface area (Å²) in [7, 11) is 0. The monoisotopic (exact) mass is 304 g/mol. The first-order chi connectivity index (χ1) is 10.7. The molecule has 0 saturated heterocycles. The van der Waals surface area contributed by atoms with E-state index < -0.39 is 0 Å². The number of aliphatic hydroxyl groups is 1. The molecular weight excluding hydrogens is 272 g/mol. The summed E-state index contributed by atoms with van der Waals surface area (Å²) in [5.74, 6) is 0.311.